The number of amides is 2. The number of rotatable bonds is 7. The molecule has 0 bridgehead atoms. The highest BCUT2D eigenvalue weighted by Gasteiger charge is 2.40. The third kappa shape index (κ3) is 4.29. The van der Waals surface area contributed by atoms with Crippen LogP contribution in [-0.4, -0.2) is 22.9 Å². The van der Waals surface area contributed by atoms with Crippen LogP contribution in [0.15, 0.2) is 0 Å². The monoisotopic (exact) mass is 230 g/mol. The molecule has 16 heavy (non-hydrogen) atoms. The van der Waals surface area contributed by atoms with Crippen LogP contribution in [0.4, 0.5) is 0 Å². The molecule has 6 heteroatoms. The fraction of sp³-hybridized carbons (Fsp3) is 0.700. The molecule has 0 fully saturated rings. The van der Waals surface area contributed by atoms with Crippen LogP contribution in [0.1, 0.15) is 33.1 Å². The van der Waals surface area contributed by atoms with Gasteiger partial charge >= 0.3 is 5.97 Å². The Balaban J connectivity index is 5.11. The highest BCUT2D eigenvalue weighted by atomic mass is 16.4. The average molecular weight is 230 g/mol. The maximum absolute atomic E-state index is 11.4. The summed E-state index contributed by atoms with van der Waals surface area (Å²) in [7, 11) is 0. The molecule has 0 saturated carbocycles. The first kappa shape index (κ1) is 14.4. The number of aliphatic carboxylic acids is 1. The van der Waals surface area contributed by atoms with E-state index in [9.17, 15) is 14.4 Å². The summed E-state index contributed by atoms with van der Waals surface area (Å²) in [5.41, 5.74) is 8.87. The molecule has 0 aliphatic rings. The summed E-state index contributed by atoms with van der Waals surface area (Å²) >= 11 is 0. The van der Waals surface area contributed by atoms with Gasteiger partial charge in [0.05, 0.1) is 11.8 Å². The quantitative estimate of drug-likeness (QED) is 0.562. The van der Waals surface area contributed by atoms with Crippen LogP contribution in [0.3, 0.4) is 0 Å². The number of primary amides is 2. The van der Waals surface area contributed by atoms with E-state index in [4.69, 9.17) is 16.6 Å². The van der Waals surface area contributed by atoms with Crippen LogP contribution in [0, 0.1) is 11.3 Å². The molecule has 0 aliphatic carbocycles. The van der Waals surface area contributed by atoms with Crippen LogP contribution >= 0.6 is 0 Å². The van der Waals surface area contributed by atoms with Gasteiger partial charge in [-0.3, -0.25) is 14.4 Å². The predicted molar refractivity (Wildman–Crippen MR) is 57.1 cm³/mol. The van der Waals surface area contributed by atoms with E-state index in [-0.39, 0.29) is 18.8 Å². The molecule has 6 nitrogen and oxygen atoms in total. The summed E-state index contributed by atoms with van der Waals surface area (Å²) in [6, 6.07) is 0. The van der Waals surface area contributed by atoms with Crippen LogP contribution in [0.2, 0.25) is 0 Å². The summed E-state index contributed by atoms with van der Waals surface area (Å²) in [6.07, 6.45) is -0.562. The number of carboxylic acids is 1. The smallest absolute Gasteiger partial charge is 0.304 e. The lowest BCUT2D eigenvalue weighted by Crippen LogP contribution is -2.43. The van der Waals surface area contributed by atoms with E-state index in [2.05, 4.69) is 0 Å². The molecular weight excluding hydrogens is 212 g/mol. The summed E-state index contributed by atoms with van der Waals surface area (Å²) < 4.78 is 0. The van der Waals surface area contributed by atoms with Gasteiger partial charge in [0, 0.05) is 6.42 Å². The third-order valence-electron chi connectivity index (χ3n) is 2.32. The van der Waals surface area contributed by atoms with Gasteiger partial charge in [-0.2, -0.15) is 0 Å². The SMILES string of the molecule is CC(C)CC(CC(N)=O)(CC(=O)O)C(N)=O. The standard InChI is InChI=1S/C10H18N2O4/c1-6(2)3-10(9(12)16,4-7(11)13)5-8(14)15/h6H,3-5H2,1-2H3,(H2,11,13)(H2,12,16)(H,14,15). The first-order valence-corrected chi connectivity index (χ1v) is 4.99. The molecule has 0 aromatic rings. The van der Waals surface area contributed by atoms with Crippen molar-refractivity contribution in [3.63, 3.8) is 0 Å². The first-order chi connectivity index (χ1) is 7.19. The summed E-state index contributed by atoms with van der Waals surface area (Å²) in [5, 5.41) is 8.76. The second kappa shape index (κ2) is 5.48. The minimum absolute atomic E-state index is 0.0474. The molecule has 0 radical (unpaired) electrons. The summed E-state index contributed by atoms with van der Waals surface area (Å²) in [5.74, 6) is -2.63. The minimum Gasteiger partial charge on any atom is -0.481 e. The van der Waals surface area contributed by atoms with E-state index in [1.165, 1.54) is 0 Å². The lowest BCUT2D eigenvalue weighted by molar-refractivity contribution is -0.146. The highest BCUT2D eigenvalue weighted by molar-refractivity contribution is 5.90. The van der Waals surface area contributed by atoms with E-state index in [1.807, 2.05) is 13.8 Å². The van der Waals surface area contributed by atoms with Crippen molar-refractivity contribution in [1.29, 1.82) is 0 Å². The van der Waals surface area contributed by atoms with Crippen molar-refractivity contribution in [2.75, 3.05) is 0 Å². The Hall–Kier alpha value is -1.59. The number of carboxylic acid groups (broad SMARTS) is 1. The lowest BCUT2D eigenvalue weighted by atomic mass is 9.74. The van der Waals surface area contributed by atoms with Gasteiger partial charge in [-0.05, 0) is 12.3 Å². The van der Waals surface area contributed by atoms with Crippen molar-refractivity contribution < 1.29 is 19.5 Å². The fourth-order valence-corrected chi connectivity index (χ4v) is 1.89. The highest BCUT2D eigenvalue weighted by Crippen LogP contribution is 2.34. The number of carbonyl (C=O) groups is 3. The van der Waals surface area contributed by atoms with Gasteiger partial charge < -0.3 is 16.6 Å². The van der Waals surface area contributed by atoms with Gasteiger partial charge in [-0.1, -0.05) is 13.8 Å². The molecule has 1 unspecified atom stereocenters. The van der Waals surface area contributed by atoms with Gasteiger partial charge in [0.2, 0.25) is 11.8 Å². The van der Waals surface area contributed by atoms with Gasteiger partial charge in [-0.15, -0.1) is 0 Å². The van der Waals surface area contributed by atoms with Gasteiger partial charge in [0.25, 0.3) is 0 Å². The van der Waals surface area contributed by atoms with E-state index >= 15 is 0 Å². The van der Waals surface area contributed by atoms with Crippen molar-refractivity contribution in [1.82, 2.24) is 0 Å². The van der Waals surface area contributed by atoms with Gasteiger partial charge in [0.15, 0.2) is 0 Å². The van der Waals surface area contributed by atoms with Crippen LogP contribution in [0.25, 0.3) is 0 Å². The van der Waals surface area contributed by atoms with Gasteiger partial charge in [-0.25, -0.2) is 0 Å². The zero-order valence-electron chi connectivity index (χ0n) is 9.53. The third-order valence-corrected chi connectivity index (χ3v) is 2.32. The van der Waals surface area contributed by atoms with E-state index in [0.717, 1.165) is 0 Å². The van der Waals surface area contributed by atoms with Crippen molar-refractivity contribution in [2.24, 2.45) is 22.8 Å². The molecule has 0 rings (SSSR count). The largest absolute Gasteiger partial charge is 0.481 e. The van der Waals surface area contributed by atoms with Crippen molar-refractivity contribution in [3.05, 3.63) is 0 Å². The number of hydrogen-bond donors (Lipinski definition) is 3. The molecule has 0 heterocycles. The Kier molecular flexibility index (Phi) is 4.94. The molecule has 0 aromatic carbocycles. The summed E-state index contributed by atoms with van der Waals surface area (Å²) in [4.78, 5) is 33.0. The van der Waals surface area contributed by atoms with Crippen LogP contribution in [-0.2, 0) is 14.4 Å². The molecule has 0 saturated heterocycles. The Bertz CT molecular complexity index is 283. The molecule has 0 aliphatic heterocycles. The molecule has 5 N–H and O–H groups in total. The van der Waals surface area contributed by atoms with Crippen molar-refractivity contribution >= 4 is 17.8 Å². The number of nitrogens with two attached hydrogens (primary N) is 2. The van der Waals surface area contributed by atoms with Crippen molar-refractivity contribution in [3.8, 4) is 0 Å². The Labute approximate surface area is 94.0 Å². The number of hydrogen-bond acceptors (Lipinski definition) is 3. The first-order valence-electron chi connectivity index (χ1n) is 4.99. The maximum Gasteiger partial charge on any atom is 0.304 e. The Morgan fingerprint density at radius 2 is 1.69 bits per heavy atom. The maximum atomic E-state index is 11.4. The molecule has 1 atom stereocenters. The molecule has 92 valence electrons. The Morgan fingerprint density at radius 1 is 1.19 bits per heavy atom. The summed E-state index contributed by atoms with van der Waals surface area (Å²) in [6.45, 7) is 3.64. The van der Waals surface area contributed by atoms with E-state index < -0.39 is 29.6 Å². The topological polar surface area (TPSA) is 123 Å². The van der Waals surface area contributed by atoms with Crippen LogP contribution < -0.4 is 11.5 Å². The minimum atomic E-state index is -1.37. The predicted octanol–water partition coefficient (Wildman–Crippen LogP) is -0.146. The molecule has 2 amide bonds. The van der Waals surface area contributed by atoms with E-state index in [0.29, 0.717) is 0 Å². The van der Waals surface area contributed by atoms with Gasteiger partial charge in [0.1, 0.15) is 0 Å². The fourth-order valence-electron chi connectivity index (χ4n) is 1.89. The molecule has 0 spiro atoms. The zero-order valence-corrected chi connectivity index (χ0v) is 9.53. The second-order valence-corrected chi connectivity index (χ2v) is 4.46. The lowest BCUT2D eigenvalue weighted by Gasteiger charge is -2.29. The van der Waals surface area contributed by atoms with Crippen molar-refractivity contribution in [2.45, 2.75) is 33.1 Å². The normalized spacial score (nSPS) is 14.4. The van der Waals surface area contributed by atoms with E-state index in [1.54, 1.807) is 0 Å². The zero-order chi connectivity index (χ0) is 12.9. The Morgan fingerprint density at radius 3 is 1.94 bits per heavy atom. The second-order valence-electron chi connectivity index (χ2n) is 4.46. The number of carbonyl (C=O) groups excluding carboxylic acids is 2. The average Bonchev–Trinajstić information content (AvgIpc) is 1.98. The molecule has 0 aromatic heterocycles. The van der Waals surface area contributed by atoms with Crippen LogP contribution in [0.5, 0.6) is 0 Å². The molecular formula is C10H18N2O4.